The Morgan fingerprint density at radius 1 is 1.03 bits per heavy atom. The first-order valence-electron chi connectivity index (χ1n) is 11.1. The Balaban J connectivity index is 1.35. The molecule has 2 aromatic heterocycles. The molecule has 166 valence electrons. The van der Waals surface area contributed by atoms with Crippen molar-refractivity contribution in [1.29, 1.82) is 0 Å². The number of hydrogen-bond acceptors (Lipinski definition) is 4. The highest BCUT2D eigenvalue weighted by Crippen LogP contribution is 2.22. The summed E-state index contributed by atoms with van der Waals surface area (Å²) in [5.74, 6) is 0.480. The molecule has 1 aliphatic heterocycles. The first-order chi connectivity index (χ1) is 15.5. The Labute approximate surface area is 193 Å². The molecule has 1 amide bonds. The van der Waals surface area contributed by atoms with E-state index in [1.165, 1.54) is 17.3 Å². The van der Waals surface area contributed by atoms with Gasteiger partial charge in [-0.25, -0.2) is 4.98 Å². The molecular formula is C26H29N3O2S. The van der Waals surface area contributed by atoms with E-state index >= 15 is 0 Å². The highest BCUT2D eigenvalue weighted by atomic mass is 32.2. The second kappa shape index (κ2) is 10.2. The lowest BCUT2D eigenvalue weighted by molar-refractivity contribution is 0.0792. The van der Waals surface area contributed by atoms with Crippen molar-refractivity contribution in [1.82, 2.24) is 14.5 Å². The molecule has 4 rings (SSSR count). The maximum Gasteiger partial charge on any atom is 0.255 e. The Morgan fingerprint density at radius 2 is 1.78 bits per heavy atom. The van der Waals surface area contributed by atoms with Crippen molar-refractivity contribution in [2.75, 3.05) is 18.8 Å². The number of ketones is 1. The molecule has 0 bridgehead atoms. The molecule has 32 heavy (non-hydrogen) atoms. The lowest BCUT2D eigenvalue weighted by atomic mass is 10.1. The third-order valence-electron chi connectivity index (χ3n) is 6.07. The molecule has 0 radical (unpaired) electrons. The lowest BCUT2D eigenvalue weighted by Gasteiger charge is -2.14. The number of nitrogens with zero attached hydrogens (tertiary/aromatic N) is 3. The van der Waals surface area contributed by atoms with Crippen molar-refractivity contribution in [2.45, 2.75) is 44.7 Å². The van der Waals surface area contributed by atoms with Crippen LogP contribution >= 0.6 is 11.8 Å². The van der Waals surface area contributed by atoms with E-state index in [0.29, 0.717) is 11.3 Å². The number of Topliss-reactive ketones (excluding diaryl/α,β-unsaturated/α-hetero) is 1. The number of thioether (sulfide) groups is 1. The predicted molar refractivity (Wildman–Crippen MR) is 128 cm³/mol. The summed E-state index contributed by atoms with van der Waals surface area (Å²) in [6, 6.07) is 16.0. The van der Waals surface area contributed by atoms with Crippen molar-refractivity contribution in [3.63, 3.8) is 0 Å². The number of rotatable bonds is 8. The molecule has 5 nitrogen and oxygen atoms in total. The minimum atomic E-state index is 0.0468. The van der Waals surface area contributed by atoms with E-state index in [0.717, 1.165) is 60.9 Å². The molecule has 0 spiro atoms. The van der Waals surface area contributed by atoms with Crippen LogP contribution in [0.4, 0.5) is 0 Å². The average Bonchev–Trinajstić information content (AvgIpc) is 3.45. The van der Waals surface area contributed by atoms with E-state index in [1.807, 2.05) is 36.1 Å². The Morgan fingerprint density at radius 3 is 2.47 bits per heavy atom. The lowest BCUT2D eigenvalue weighted by Crippen LogP contribution is -2.27. The number of benzene rings is 1. The predicted octanol–water partition coefficient (Wildman–Crippen LogP) is 4.95. The third-order valence-corrected chi connectivity index (χ3v) is 7.01. The van der Waals surface area contributed by atoms with Crippen LogP contribution in [0.1, 0.15) is 50.5 Å². The molecule has 0 atom stereocenters. The van der Waals surface area contributed by atoms with Crippen molar-refractivity contribution in [2.24, 2.45) is 0 Å². The van der Waals surface area contributed by atoms with Gasteiger partial charge in [0, 0.05) is 42.8 Å². The molecule has 1 saturated heterocycles. The number of likely N-dealkylation sites (tertiary alicyclic amines) is 1. The second-order valence-corrected chi connectivity index (χ2v) is 9.26. The van der Waals surface area contributed by atoms with Gasteiger partial charge in [-0.2, -0.15) is 0 Å². The van der Waals surface area contributed by atoms with Gasteiger partial charge in [0.2, 0.25) is 0 Å². The number of carbonyl (C=O) groups is 2. The molecule has 0 aliphatic carbocycles. The molecule has 1 aliphatic rings. The minimum absolute atomic E-state index is 0.0468. The van der Waals surface area contributed by atoms with Crippen LogP contribution in [0.3, 0.4) is 0 Å². The van der Waals surface area contributed by atoms with Gasteiger partial charge in [0.05, 0.1) is 16.3 Å². The second-order valence-electron chi connectivity index (χ2n) is 8.27. The summed E-state index contributed by atoms with van der Waals surface area (Å²) >= 11 is 1.42. The number of aryl methyl sites for hydroxylation is 2. The smallest absolute Gasteiger partial charge is 0.255 e. The maximum absolute atomic E-state index is 12.9. The van der Waals surface area contributed by atoms with Crippen molar-refractivity contribution in [3.05, 3.63) is 82.8 Å². The van der Waals surface area contributed by atoms with Crippen LogP contribution in [-0.4, -0.2) is 45.0 Å². The molecule has 0 N–H and O–H groups in total. The summed E-state index contributed by atoms with van der Waals surface area (Å²) in [6.45, 7) is 6.59. The van der Waals surface area contributed by atoms with Gasteiger partial charge >= 0.3 is 0 Å². The van der Waals surface area contributed by atoms with Gasteiger partial charge in [-0.15, -0.1) is 0 Å². The zero-order valence-electron chi connectivity index (χ0n) is 18.7. The van der Waals surface area contributed by atoms with Crippen LogP contribution in [0.15, 0.2) is 59.8 Å². The van der Waals surface area contributed by atoms with Crippen molar-refractivity contribution in [3.8, 4) is 0 Å². The molecule has 0 saturated carbocycles. The molecular weight excluding hydrogens is 418 g/mol. The summed E-state index contributed by atoms with van der Waals surface area (Å²) in [5, 5.41) is 0.759. The zero-order chi connectivity index (χ0) is 22.5. The van der Waals surface area contributed by atoms with Gasteiger partial charge in [-0.05, 0) is 56.9 Å². The SMILES string of the molecule is Cc1cc(C(=O)CSc2ccc(C(=O)N3CCCC3)cn2)c(C)n1CCc1ccccc1. The molecule has 3 aromatic rings. The fourth-order valence-electron chi connectivity index (χ4n) is 4.23. The minimum Gasteiger partial charge on any atom is -0.348 e. The summed E-state index contributed by atoms with van der Waals surface area (Å²) in [4.78, 5) is 31.6. The quantitative estimate of drug-likeness (QED) is 0.362. The molecule has 1 fully saturated rings. The van der Waals surface area contributed by atoms with E-state index in [2.05, 4.69) is 40.7 Å². The van der Waals surface area contributed by atoms with E-state index in [9.17, 15) is 9.59 Å². The van der Waals surface area contributed by atoms with E-state index in [-0.39, 0.29) is 11.7 Å². The zero-order valence-corrected chi connectivity index (χ0v) is 19.5. The fourth-order valence-corrected chi connectivity index (χ4v) is 4.95. The maximum atomic E-state index is 12.9. The first kappa shape index (κ1) is 22.3. The van der Waals surface area contributed by atoms with Crippen molar-refractivity contribution < 1.29 is 9.59 Å². The third kappa shape index (κ3) is 5.13. The van der Waals surface area contributed by atoms with Gasteiger partial charge in [-0.1, -0.05) is 42.1 Å². The van der Waals surface area contributed by atoms with Gasteiger partial charge in [0.15, 0.2) is 5.78 Å². The van der Waals surface area contributed by atoms with Crippen LogP contribution < -0.4 is 0 Å². The van der Waals surface area contributed by atoms with Crippen LogP contribution in [0.25, 0.3) is 0 Å². The molecule has 1 aromatic carbocycles. The van der Waals surface area contributed by atoms with E-state index in [4.69, 9.17) is 0 Å². The monoisotopic (exact) mass is 447 g/mol. The number of amides is 1. The summed E-state index contributed by atoms with van der Waals surface area (Å²) < 4.78 is 2.22. The van der Waals surface area contributed by atoms with Crippen LogP contribution in [0.5, 0.6) is 0 Å². The largest absolute Gasteiger partial charge is 0.348 e. The van der Waals surface area contributed by atoms with Gasteiger partial charge in [0.1, 0.15) is 0 Å². The van der Waals surface area contributed by atoms with Crippen molar-refractivity contribution >= 4 is 23.5 Å². The normalized spacial score (nSPS) is 13.5. The molecule has 6 heteroatoms. The highest BCUT2D eigenvalue weighted by Gasteiger charge is 2.20. The topological polar surface area (TPSA) is 55.2 Å². The van der Waals surface area contributed by atoms with E-state index in [1.54, 1.807) is 6.20 Å². The van der Waals surface area contributed by atoms with E-state index < -0.39 is 0 Å². The standard InChI is InChI=1S/C26H29N3O2S/c1-19-16-23(20(2)29(19)15-12-21-8-4-3-5-9-21)24(30)18-32-25-11-10-22(17-27-25)26(31)28-13-6-7-14-28/h3-5,8-11,16-17H,6-7,12-15,18H2,1-2H3. The number of pyridine rings is 1. The van der Waals surface area contributed by atoms with Crippen LogP contribution in [0, 0.1) is 13.8 Å². The highest BCUT2D eigenvalue weighted by molar-refractivity contribution is 7.99. The van der Waals surface area contributed by atoms with Gasteiger partial charge < -0.3 is 9.47 Å². The number of carbonyl (C=O) groups excluding carboxylic acids is 2. The average molecular weight is 448 g/mol. The van der Waals surface area contributed by atoms with Crippen LogP contribution in [-0.2, 0) is 13.0 Å². The summed E-state index contributed by atoms with van der Waals surface area (Å²) in [5.41, 5.74) is 4.81. The summed E-state index contributed by atoms with van der Waals surface area (Å²) in [7, 11) is 0. The van der Waals surface area contributed by atoms with Gasteiger partial charge in [0.25, 0.3) is 5.91 Å². The number of hydrogen-bond donors (Lipinski definition) is 0. The summed E-state index contributed by atoms with van der Waals surface area (Å²) in [6.07, 6.45) is 4.71. The molecule has 3 heterocycles. The van der Waals surface area contributed by atoms with Crippen LogP contribution in [0.2, 0.25) is 0 Å². The molecule has 0 unspecified atom stereocenters. The fraction of sp³-hybridized carbons (Fsp3) is 0.346. The Bertz CT molecular complexity index is 1080. The van der Waals surface area contributed by atoms with Gasteiger partial charge in [-0.3, -0.25) is 9.59 Å². The number of aromatic nitrogens is 2. The Hall–Kier alpha value is -2.86. The Kier molecular flexibility index (Phi) is 7.10. The first-order valence-corrected chi connectivity index (χ1v) is 12.1.